The molecule has 0 saturated carbocycles. The molecule has 8 nitrogen and oxygen atoms in total. The van der Waals surface area contributed by atoms with Crippen molar-refractivity contribution < 1.29 is 27.6 Å². The van der Waals surface area contributed by atoms with Crippen LogP contribution in [0.4, 0.5) is 18.9 Å². The lowest BCUT2D eigenvalue weighted by molar-refractivity contribution is -0.385. The first-order valence-electron chi connectivity index (χ1n) is 10.5. The van der Waals surface area contributed by atoms with Crippen LogP contribution in [0.15, 0.2) is 53.9 Å². The second kappa shape index (κ2) is 10.9. The number of piperazine rings is 1. The molecule has 1 aromatic rings. The Hall–Kier alpha value is -3.05. The monoisotopic (exact) mass is 500 g/mol. The molecule has 1 saturated heterocycles. The Morgan fingerprint density at radius 1 is 1.29 bits per heavy atom. The van der Waals surface area contributed by atoms with Gasteiger partial charge >= 0.3 is 11.9 Å². The lowest BCUT2D eigenvalue weighted by Gasteiger charge is -2.33. The number of likely N-dealkylation sites (N-methyl/N-ethyl adjacent to an activating group) is 1. The van der Waals surface area contributed by atoms with Gasteiger partial charge in [0, 0.05) is 49.7 Å². The molecular formula is C22H24ClF3N4O4. The van der Waals surface area contributed by atoms with Crippen molar-refractivity contribution in [2.45, 2.75) is 6.18 Å². The molecule has 3 rings (SSSR count). The summed E-state index contributed by atoms with van der Waals surface area (Å²) in [5.74, 6) is -2.62. The molecule has 34 heavy (non-hydrogen) atoms. The molecule has 2 aliphatic rings. The zero-order chi connectivity index (χ0) is 24.9. The standard InChI is InChI=1S/C22H24ClF3N4O4/c1-28-7-9-29(10-8-28)14-16-2-4-17(13-18(16)22(24,25)26)27-21(31)15-3-5-20(34-11-6-23)19(12-15)30(32)33/h2-5,12-14,18H,6-11H2,1H3,(H,27,31). The first-order valence-corrected chi connectivity index (χ1v) is 11.0. The number of carbonyl (C=O) groups is 1. The Kier molecular flexibility index (Phi) is 8.21. The number of nitrogens with zero attached hydrogens (tertiary/aromatic N) is 3. The highest BCUT2D eigenvalue weighted by molar-refractivity contribution is 6.18. The first-order chi connectivity index (χ1) is 16.1. The van der Waals surface area contributed by atoms with E-state index in [1.54, 1.807) is 0 Å². The summed E-state index contributed by atoms with van der Waals surface area (Å²) in [6.07, 6.45) is 0.608. The molecule has 1 aliphatic heterocycles. The van der Waals surface area contributed by atoms with Gasteiger partial charge in [-0.2, -0.15) is 13.2 Å². The Bertz CT molecular complexity index is 1020. The van der Waals surface area contributed by atoms with E-state index in [0.29, 0.717) is 13.1 Å². The van der Waals surface area contributed by atoms with Gasteiger partial charge in [0.15, 0.2) is 5.75 Å². The van der Waals surface area contributed by atoms with E-state index in [0.717, 1.165) is 25.2 Å². The number of nitro benzene ring substituents is 1. The van der Waals surface area contributed by atoms with Crippen LogP contribution in [0.2, 0.25) is 0 Å². The summed E-state index contributed by atoms with van der Waals surface area (Å²) in [5.41, 5.74) is -0.516. The molecule has 0 spiro atoms. The van der Waals surface area contributed by atoms with Crippen molar-refractivity contribution in [1.29, 1.82) is 0 Å². The Morgan fingerprint density at radius 3 is 2.62 bits per heavy atom. The lowest BCUT2D eigenvalue weighted by Crippen LogP contribution is -2.42. The minimum atomic E-state index is -4.56. The second-order valence-corrected chi connectivity index (χ2v) is 8.25. The van der Waals surface area contributed by atoms with Crippen molar-refractivity contribution in [3.8, 4) is 5.75 Å². The summed E-state index contributed by atoms with van der Waals surface area (Å²) in [4.78, 5) is 27.2. The molecule has 0 bridgehead atoms. The van der Waals surface area contributed by atoms with E-state index in [2.05, 4.69) is 10.2 Å². The number of halogens is 4. The van der Waals surface area contributed by atoms with Crippen molar-refractivity contribution in [1.82, 2.24) is 15.1 Å². The predicted octanol–water partition coefficient (Wildman–Crippen LogP) is 3.71. The third kappa shape index (κ3) is 6.51. The number of hydrogen-bond acceptors (Lipinski definition) is 6. The molecule has 1 aliphatic carbocycles. The van der Waals surface area contributed by atoms with Crippen molar-refractivity contribution in [3.05, 3.63) is 69.6 Å². The number of nitro groups is 1. The van der Waals surface area contributed by atoms with Crippen molar-refractivity contribution in [2.24, 2.45) is 5.92 Å². The number of rotatable bonds is 7. The number of ether oxygens (including phenoxy) is 1. The molecule has 0 aromatic heterocycles. The molecule has 1 unspecified atom stereocenters. The third-order valence-corrected chi connectivity index (χ3v) is 5.55. The molecule has 184 valence electrons. The van der Waals surface area contributed by atoms with E-state index in [1.807, 2.05) is 11.9 Å². The zero-order valence-electron chi connectivity index (χ0n) is 18.3. The van der Waals surface area contributed by atoms with Crippen molar-refractivity contribution in [3.63, 3.8) is 0 Å². The summed E-state index contributed by atoms with van der Waals surface area (Å²) in [6.45, 7) is 2.78. The maximum atomic E-state index is 13.8. The van der Waals surface area contributed by atoms with Crippen LogP contribution in [0.3, 0.4) is 0 Å². The normalized spacial score (nSPS) is 20.3. The van der Waals surface area contributed by atoms with Crippen LogP contribution >= 0.6 is 11.6 Å². The van der Waals surface area contributed by atoms with Gasteiger partial charge in [-0.05, 0) is 36.9 Å². The van der Waals surface area contributed by atoms with Gasteiger partial charge < -0.3 is 19.9 Å². The Labute approximate surface area is 199 Å². The second-order valence-electron chi connectivity index (χ2n) is 7.87. The van der Waals surface area contributed by atoms with Crippen LogP contribution in [-0.2, 0) is 0 Å². The van der Waals surface area contributed by atoms with E-state index in [9.17, 15) is 28.1 Å². The maximum absolute atomic E-state index is 13.8. The molecule has 1 heterocycles. The summed E-state index contributed by atoms with van der Waals surface area (Å²) in [7, 11) is 1.95. The molecule has 12 heteroatoms. The fraction of sp³-hybridized carbons (Fsp3) is 0.409. The molecule has 1 amide bonds. The summed E-state index contributed by atoms with van der Waals surface area (Å²) < 4.78 is 46.5. The fourth-order valence-corrected chi connectivity index (χ4v) is 3.63. The van der Waals surface area contributed by atoms with Gasteiger partial charge in [-0.25, -0.2) is 0 Å². The SMILES string of the molecule is CN1CCN(C=C2C=CC(NC(=O)c3ccc(OCCCl)c([N+](=O)[O-])c3)=CC2C(F)(F)F)CC1. The largest absolute Gasteiger partial charge is 0.486 e. The van der Waals surface area contributed by atoms with Gasteiger partial charge in [0.05, 0.1) is 10.8 Å². The van der Waals surface area contributed by atoms with Gasteiger partial charge in [-0.15, -0.1) is 11.6 Å². The van der Waals surface area contributed by atoms with Gasteiger partial charge in [0.25, 0.3) is 5.91 Å². The number of alkyl halides is 4. The highest BCUT2D eigenvalue weighted by atomic mass is 35.5. The van der Waals surface area contributed by atoms with E-state index in [-0.39, 0.29) is 35.1 Å². The molecule has 1 fully saturated rings. The van der Waals surface area contributed by atoms with Crippen LogP contribution in [0.1, 0.15) is 10.4 Å². The van der Waals surface area contributed by atoms with Crippen LogP contribution in [-0.4, -0.2) is 72.5 Å². The first kappa shape index (κ1) is 25.6. The van der Waals surface area contributed by atoms with Gasteiger partial charge in [-0.3, -0.25) is 14.9 Å². The zero-order valence-corrected chi connectivity index (χ0v) is 19.1. The third-order valence-electron chi connectivity index (χ3n) is 5.39. The number of carbonyl (C=O) groups excluding carboxylic acids is 1. The Balaban J connectivity index is 1.78. The van der Waals surface area contributed by atoms with Crippen molar-refractivity contribution in [2.75, 3.05) is 45.7 Å². The van der Waals surface area contributed by atoms with E-state index < -0.39 is 28.6 Å². The maximum Gasteiger partial charge on any atom is 0.399 e. The number of allylic oxidation sites excluding steroid dienone is 4. The van der Waals surface area contributed by atoms with Crippen LogP contribution in [0, 0.1) is 16.0 Å². The molecular weight excluding hydrogens is 477 g/mol. The van der Waals surface area contributed by atoms with Crippen LogP contribution < -0.4 is 10.1 Å². The smallest absolute Gasteiger partial charge is 0.399 e. The summed E-state index contributed by atoms with van der Waals surface area (Å²) in [6, 6.07) is 3.55. The van der Waals surface area contributed by atoms with Gasteiger partial charge in [0.1, 0.15) is 12.5 Å². The summed E-state index contributed by atoms with van der Waals surface area (Å²) in [5, 5.41) is 13.7. The average molecular weight is 501 g/mol. The minimum Gasteiger partial charge on any atom is -0.486 e. The summed E-state index contributed by atoms with van der Waals surface area (Å²) >= 11 is 5.53. The molecule has 1 atom stereocenters. The minimum absolute atomic E-state index is 0.0361. The lowest BCUT2D eigenvalue weighted by atomic mass is 9.92. The fourth-order valence-electron chi connectivity index (χ4n) is 3.55. The van der Waals surface area contributed by atoms with Crippen LogP contribution in [0.25, 0.3) is 0 Å². The number of hydrogen-bond donors (Lipinski definition) is 1. The highest BCUT2D eigenvalue weighted by Gasteiger charge is 2.41. The highest BCUT2D eigenvalue weighted by Crippen LogP contribution is 2.37. The van der Waals surface area contributed by atoms with E-state index in [1.165, 1.54) is 30.5 Å². The number of benzene rings is 1. The quantitative estimate of drug-likeness (QED) is 0.349. The molecule has 0 radical (unpaired) electrons. The van der Waals surface area contributed by atoms with Crippen molar-refractivity contribution >= 4 is 23.2 Å². The number of amides is 1. The molecule has 1 aromatic carbocycles. The van der Waals surface area contributed by atoms with Crippen LogP contribution in [0.5, 0.6) is 5.75 Å². The van der Waals surface area contributed by atoms with E-state index >= 15 is 0 Å². The predicted molar refractivity (Wildman–Crippen MR) is 121 cm³/mol. The topological polar surface area (TPSA) is 88.0 Å². The van der Waals surface area contributed by atoms with E-state index in [4.69, 9.17) is 16.3 Å². The Morgan fingerprint density at radius 2 is 2.00 bits per heavy atom. The average Bonchev–Trinajstić information content (AvgIpc) is 2.79. The van der Waals surface area contributed by atoms with Gasteiger partial charge in [0.2, 0.25) is 0 Å². The molecule has 1 N–H and O–H groups in total. The van der Waals surface area contributed by atoms with Gasteiger partial charge in [-0.1, -0.05) is 6.08 Å². The number of nitrogens with one attached hydrogen (secondary N) is 1.